The van der Waals surface area contributed by atoms with Gasteiger partial charge in [0.15, 0.2) is 0 Å². The van der Waals surface area contributed by atoms with Crippen molar-refractivity contribution >= 4 is 5.97 Å². The van der Waals surface area contributed by atoms with Crippen LogP contribution in [0.2, 0.25) is 0 Å². The molecular weight excluding hydrogens is 512 g/mol. The van der Waals surface area contributed by atoms with Gasteiger partial charge < -0.3 is 5.11 Å². The zero-order valence-electron chi connectivity index (χ0n) is 28.0. The van der Waals surface area contributed by atoms with Crippen LogP contribution in [0.5, 0.6) is 0 Å². The van der Waals surface area contributed by atoms with Crippen molar-refractivity contribution in [2.24, 2.45) is 63.1 Å². The Morgan fingerprint density at radius 1 is 0.881 bits per heavy atom. The van der Waals surface area contributed by atoms with Gasteiger partial charge in [0.25, 0.3) is 0 Å². The Labute approximate surface area is 257 Å². The number of allylic oxidation sites excluding steroid dienone is 4. The third-order valence-electron chi connectivity index (χ3n) is 14.5. The minimum atomic E-state index is -0.906. The molecule has 0 bridgehead atoms. The predicted molar refractivity (Wildman–Crippen MR) is 176 cm³/mol. The Hall–Kier alpha value is -2.01. The third-order valence-corrected chi connectivity index (χ3v) is 14.5. The van der Waals surface area contributed by atoms with Gasteiger partial charge in [0.1, 0.15) is 0 Å². The van der Waals surface area contributed by atoms with E-state index in [1.165, 1.54) is 56.9 Å². The van der Waals surface area contributed by atoms with Crippen LogP contribution in [0.1, 0.15) is 120 Å². The zero-order chi connectivity index (χ0) is 30.8. The molecule has 10 atom stereocenters. The lowest BCUT2D eigenvalue weighted by molar-refractivity contribution is -0.202. The van der Waals surface area contributed by atoms with Crippen LogP contribution in [0.15, 0.2) is 47.6 Å². The monoisotopic (exact) mass is 570 g/mol. The first-order chi connectivity index (χ1) is 19.6. The van der Waals surface area contributed by atoms with E-state index in [-0.39, 0.29) is 5.41 Å². The number of hydrogen-bond acceptors (Lipinski definition) is 1. The molecule has 5 rings (SSSR count). The van der Waals surface area contributed by atoms with Crippen molar-refractivity contribution in [1.29, 1.82) is 0 Å². The first-order valence-electron chi connectivity index (χ1n) is 17.1. The summed E-state index contributed by atoms with van der Waals surface area (Å²) in [6.07, 6.45) is 16.4. The van der Waals surface area contributed by atoms with Crippen molar-refractivity contribution in [2.45, 2.75) is 120 Å². The highest BCUT2D eigenvalue weighted by Crippen LogP contribution is 2.74. The predicted octanol–water partition coefficient (Wildman–Crippen LogP) is 10.4. The molecule has 5 fully saturated rings. The summed E-state index contributed by atoms with van der Waals surface area (Å²) in [6, 6.07) is 0. The molecule has 1 N–H and O–H groups in total. The lowest BCUT2D eigenvalue weighted by Crippen LogP contribution is -2.62. The number of carboxylic acids is 1. The average Bonchev–Trinajstić information content (AvgIpc) is 3.30. The molecule has 2 heteroatoms. The molecule has 2 nitrogen and oxygen atoms in total. The van der Waals surface area contributed by atoms with Gasteiger partial charge >= 0.3 is 5.97 Å². The van der Waals surface area contributed by atoms with E-state index in [1.54, 1.807) is 12.2 Å². The Kier molecular flexibility index (Phi) is 8.12. The molecule has 0 heterocycles. The smallest absolute Gasteiger partial charge is 0.336 e. The van der Waals surface area contributed by atoms with E-state index in [1.807, 2.05) is 13.8 Å². The highest BCUT2D eigenvalue weighted by molar-refractivity contribution is 5.94. The third kappa shape index (κ3) is 4.63. The van der Waals surface area contributed by atoms with Crippen molar-refractivity contribution in [3.05, 3.63) is 47.6 Å². The maximum atomic E-state index is 12.2. The SMILES string of the molecule is C=C/C=C(/C#C[C@]12CCC(C(=C)C)C1C1CCC3C(C)(CCC4C(C)(C)C(C)CCC43C)C1CC2)C(C(=O)O)=C(C)C. The minimum Gasteiger partial charge on any atom is -0.478 e. The van der Waals surface area contributed by atoms with Crippen LogP contribution < -0.4 is 0 Å². The topological polar surface area (TPSA) is 37.3 Å². The van der Waals surface area contributed by atoms with Gasteiger partial charge in [-0.3, -0.25) is 0 Å². The fourth-order valence-electron chi connectivity index (χ4n) is 12.3. The van der Waals surface area contributed by atoms with Crippen molar-refractivity contribution in [2.75, 3.05) is 0 Å². The molecule has 0 aromatic carbocycles. The van der Waals surface area contributed by atoms with E-state index in [4.69, 9.17) is 0 Å². The number of rotatable bonds is 4. The maximum absolute atomic E-state index is 12.2. The van der Waals surface area contributed by atoms with Crippen LogP contribution in [0, 0.1) is 74.9 Å². The molecule has 0 amide bonds. The van der Waals surface area contributed by atoms with Crippen molar-refractivity contribution < 1.29 is 9.90 Å². The largest absolute Gasteiger partial charge is 0.478 e. The molecular formula is C40H58O2. The quantitative estimate of drug-likeness (QED) is 0.158. The second-order valence-corrected chi connectivity index (χ2v) is 16.7. The standard InChI is InChI=1S/C40H58O2/c1-11-12-28(34(26(4)5)36(41)42)16-22-40-23-17-29(25(2)3)35(40)30-13-14-33-38(9,31(30)18-24-40)21-19-32-37(7,8)27(6)15-20-39(32,33)10/h11-12,27,29-33,35H,1-2,13-15,17-21,23-24H2,3-10H3,(H,41,42)/b28-12-/t27?,29?,30?,31?,32?,33?,35?,38?,39?,40-/m1/s1. The van der Waals surface area contributed by atoms with Crippen molar-refractivity contribution in [1.82, 2.24) is 0 Å². The fourth-order valence-corrected chi connectivity index (χ4v) is 12.3. The molecule has 0 aromatic rings. The molecule has 230 valence electrons. The van der Waals surface area contributed by atoms with Crippen LogP contribution in [0.3, 0.4) is 0 Å². The van der Waals surface area contributed by atoms with Gasteiger partial charge in [-0.1, -0.05) is 76.8 Å². The highest BCUT2D eigenvalue weighted by atomic mass is 16.4. The molecule has 0 saturated heterocycles. The molecule has 5 saturated carbocycles. The van der Waals surface area contributed by atoms with Crippen LogP contribution in [0.25, 0.3) is 0 Å². The van der Waals surface area contributed by atoms with E-state index in [0.717, 1.165) is 42.1 Å². The summed E-state index contributed by atoms with van der Waals surface area (Å²) in [5.74, 6) is 11.3. The Morgan fingerprint density at radius 3 is 2.17 bits per heavy atom. The summed E-state index contributed by atoms with van der Waals surface area (Å²) < 4.78 is 0. The summed E-state index contributed by atoms with van der Waals surface area (Å²) in [5, 5.41) is 10.0. The Bertz CT molecular complexity index is 1260. The summed E-state index contributed by atoms with van der Waals surface area (Å²) in [5.41, 5.74) is 4.26. The molecule has 5 aliphatic carbocycles. The van der Waals surface area contributed by atoms with E-state index >= 15 is 0 Å². The summed E-state index contributed by atoms with van der Waals surface area (Å²) in [6.45, 7) is 27.5. The minimum absolute atomic E-state index is 0.0527. The number of aliphatic carboxylic acids is 1. The van der Waals surface area contributed by atoms with Gasteiger partial charge in [0.2, 0.25) is 0 Å². The summed E-state index contributed by atoms with van der Waals surface area (Å²) >= 11 is 0. The summed E-state index contributed by atoms with van der Waals surface area (Å²) in [7, 11) is 0. The highest BCUT2D eigenvalue weighted by Gasteiger charge is 2.66. The number of fused-ring (bicyclic) bond motifs is 7. The molecule has 42 heavy (non-hydrogen) atoms. The molecule has 0 radical (unpaired) electrons. The van der Waals surface area contributed by atoms with Gasteiger partial charge in [-0.05, 0) is 149 Å². The van der Waals surface area contributed by atoms with Crippen LogP contribution in [-0.2, 0) is 4.79 Å². The van der Waals surface area contributed by atoms with Gasteiger partial charge in [0.05, 0.1) is 5.57 Å². The Morgan fingerprint density at radius 2 is 1.55 bits per heavy atom. The van der Waals surface area contributed by atoms with E-state index in [9.17, 15) is 9.90 Å². The Balaban J connectivity index is 1.53. The molecule has 0 aromatic heterocycles. The van der Waals surface area contributed by atoms with E-state index < -0.39 is 5.97 Å². The van der Waals surface area contributed by atoms with Crippen LogP contribution in [0.4, 0.5) is 0 Å². The van der Waals surface area contributed by atoms with Gasteiger partial charge in [-0.25, -0.2) is 4.79 Å². The van der Waals surface area contributed by atoms with Gasteiger partial charge in [-0.15, -0.1) is 0 Å². The van der Waals surface area contributed by atoms with E-state index in [0.29, 0.717) is 45.1 Å². The molecule has 0 spiro atoms. The van der Waals surface area contributed by atoms with Crippen LogP contribution >= 0.6 is 0 Å². The van der Waals surface area contributed by atoms with Gasteiger partial charge in [0, 0.05) is 11.0 Å². The van der Waals surface area contributed by atoms with Gasteiger partial charge in [-0.2, -0.15) is 0 Å². The lowest BCUT2D eigenvalue weighted by atomic mass is 9.35. The summed E-state index contributed by atoms with van der Waals surface area (Å²) in [4.78, 5) is 12.2. The number of carbonyl (C=O) groups is 1. The second kappa shape index (κ2) is 10.9. The normalized spacial score (nSPS) is 43.8. The first kappa shape index (κ1) is 31.4. The number of hydrogen-bond donors (Lipinski definition) is 1. The lowest BCUT2D eigenvalue weighted by Gasteiger charge is -2.69. The maximum Gasteiger partial charge on any atom is 0.336 e. The van der Waals surface area contributed by atoms with Crippen LogP contribution in [-0.4, -0.2) is 11.1 Å². The first-order valence-corrected chi connectivity index (χ1v) is 17.1. The fraction of sp³-hybridized carbons (Fsp3) is 0.725. The molecule has 5 aliphatic rings. The van der Waals surface area contributed by atoms with Crippen molar-refractivity contribution in [3.63, 3.8) is 0 Å². The molecule has 0 aliphatic heterocycles. The second-order valence-electron chi connectivity index (χ2n) is 16.7. The zero-order valence-corrected chi connectivity index (χ0v) is 28.0. The average molecular weight is 571 g/mol. The van der Waals surface area contributed by atoms with E-state index in [2.05, 4.69) is 66.5 Å². The molecule has 9 unspecified atom stereocenters. The van der Waals surface area contributed by atoms with Crippen molar-refractivity contribution in [3.8, 4) is 11.8 Å². The number of carboxylic acid groups (broad SMARTS) is 1.